The molecule has 0 bridgehead atoms. The van der Waals surface area contributed by atoms with Crippen molar-refractivity contribution in [3.05, 3.63) is 10.8 Å². The van der Waals surface area contributed by atoms with E-state index in [1.165, 1.54) is 0 Å². The van der Waals surface area contributed by atoms with Crippen LogP contribution >= 0.6 is 22.7 Å². The van der Waals surface area contributed by atoms with Gasteiger partial charge in [0.2, 0.25) is 0 Å². The molecule has 2 aromatic rings. The molecule has 0 saturated heterocycles. The number of methoxy groups -OCH3 is 2. The minimum Gasteiger partial charge on any atom is -0.485 e. The van der Waals surface area contributed by atoms with E-state index in [0.29, 0.717) is 52.9 Å². The Morgan fingerprint density at radius 2 is 1.37 bits per heavy atom. The Morgan fingerprint density at radius 1 is 0.767 bits per heavy atom. The summed E-state index contributed by atoms with van der Waals surface area (Å²) in [5.41, 5.74) is 0. The molecule has 166 valence electrons. The van der Waals surface area contributed by atoms with Gasteiger partial charge in [-0.15, -0.1) is 22.7 Å². The summed E-state index contributed by atoms with van der Waals surface area (Å²) in [6.45, 7) is 3.99. The molecule has 8 nitrogen and oxygen atoms in total. The summed E-state index contributed by atoms with van der Waals surface area (Å²) < 4.78 is 45.3. The Hall–Kier alpha value is -1.56. The monoisotopic (exact) mass is 458 g/mol. The Labute approximate surface area is 183 Å². The summed E-state index contributed by atoms with van der Waals surface area (Å²) in [7, 11) is 3.30. The third kappa shape index (κ3) is 5.01. The fourth-order valence-corrected chi connectivity index (χ4v) is 5.05. The van der Waals surface area contributed by atoms with Crippen LogP contribution in [0.3, 0.4) is 0 Å². The molecule has 4 heterocycles. The maximum atomic E-state index is 6.19. The molecule has 0 amide bonds. The van der Waals surface area contributed by atoms with Crippen molar-refractivity contribution in [2.75, 3.05) is 67.1 Å². The average Bonchev–Trinajstić information content (AvgIpc) is 3.37. The normalized spacial score (nSPS) is 19.8. The maximum Gasteiger partial charge on any atom is 0.181 e. The van der Waals surface area contributed by atoms with E-state index in [0.717, 1.165) is 32.8 Å². The van der Waals surface area contributed by atoms with Crippen molar-refractivity contribution in [2.45, 2.75) is 12.2 Å². The van der Waals surface area contributed by atoms with Gasteiger partial charge in [0, 0.05) is 25.0 Å². The molecule has 0 spiro atoms. The lowest BCUT2D eigenvalue weighted by Crippen LogP contribution is -2.34. The first kappa shape index (κ1) is 21.7. The van der Waals surface area contributed by atoms with Gasteiger partial charge in [-0.1, -0.05) is 0 Å². The van der Waals surface area contributed by atoms with Gasteiger partial charge in [0.25, 0.3) is 0 Å². The van der Waals surface area contributed by atoms with Crippen molar-refractivity contribution in [1.29, 1.82) is 0 Å². The molecule has 30 heavy (non-hydrogen) atoms. The van der Waals surface area contributed by atoms with Crippen LogP contribution in [-0.2, 0) is 18.9 Å². The van der Waals surface area contributed by atoms with Gasteiger partial charge in [0.05, 0.1) is 49.4 Å². The number of thiophene rings is 2. The van der Waals surface area contributed by atoms with Crippen molar-refractivity contribution in [2.24, 2.45) is 0 Å². The highest BCUT2D eigenvalue weighted by atomic mass is 32.1. The highest BCUT2D eigenvalue weighted by molar-refractivity contribution is 7.21. The molecule has 4 rings (SSSR count). The van der Waals surface area contributed by atoms with Crippen LogP contribution < -0.4 is 18.9 Å². The van der Waals surface area contributed by atoms with Gasteiger partial charge in [-0.05, 0) is 0 Å². The summed E-state index contributed by atoms with van der Waals surface area (Å²) in [5, 5.41) is 3.93. The molecular weight excluding hydrogens is 432 g/mol. The minimum atomic E-state index is -0.163. The summed E-state index contributed by atoms with van der Waals surface area (Å²) in [5.74, 6) is 2.98. The molecule has 0 aliphatic carbocycles. The van der Waals surface area contributed by atoms with Crippen LogP contribution in [0.15, 0.2) is 10.8 Å². The molecule has 2 atom stereocenters. The van der Waals surface area contributed by atoms with Crippen molar-refractivity contribution in [3.63, 3.8) is 0 Å². The molecule has 0 N–H and O–H groups in total. The Bertz CT molecular complexity index is 805. The van der Waals surface area contributed by atoms with Gasteiger partial charge >= 0.3 is 0 Å². The standard InChI is InChI=1S/C20H26O8S2/c1-21-3-5-23-7-13-10-26-17-16(27-13)12-30-19(17)20-18-15(11-29-20)25-9-14(28-18)8-24-6-4-22-2/h11-14H,3-10H2,1-2H3. The zero-order chi connectivity index (χ0) is 20.8. The van der Waals surface area contributed by atoms with Crippen LogP contribution in [0.1, 0.15) is 0 Å². The zero-order valence-corrected chi connectivity index (χ0v) is 18.7. The molecule has 0 saturated carbocycles. The molecule has 0 fully saturated rings. The lowest BCUT2D eigenvalue weighted by atomic mass is 10.2. The van der Waals surface area contributed by atoms with Crippen LogP contribution in [0.5, 0.6) is 23.0 Å². The molecule has 2 aliphatic heterocycles. The molecular formula is C20H26O8S2. The van der Waals surface area contributed by atoms with Crippen molar-refractivity contribution in [1.82, 2.24) is 0 Å². The Morgan fingerprint density at radius 3 is 2.07 bits per heavy atom. The van der Waals surface area contributed by atoms with E-state index >= 15 is 0 Å². The average molecular weight is 459 g/mol. The second-order valence-corrected chi connectivity index (χ2v) is 8.51. The SMILES string of the molecule is COCCOCC1COc2c(csc2-c2scc3c2OC(COCCOC)CO3)O1. The number of ether oxygens (including phenoxy) is 8. The van der Waals surface area contributed by atoms with E-state index in [1.54, 1.807) is 36.9 Å². The van der Waals surface area contributed by atoms with E-state index in [9.17, 15) is 0 Å². The van der Waals surface area contributed by atoms with E-state index in [4.69, 9.17) is 37.9 Å². The number of hydrogen-bond donors (Lipinski definition) is 0. The van der Waals surface area contributed by atoms with Crippen molar-refractivity contribution < 1.29 is 37.9 Å². The second kappa shape index (κ2) is 10.7. The van der Waals surface area contributed by atoms with Gasteiger partial charge in [0.15, 0.2) is 35.2 Å². The lowest BCUT2D eigenvalue weighted by molar-refractivity contribution is -0.00600. The van der Waals surface area contributed by atoms with Crippen molar-refractivity contribution in [3.8, 4) is 32.8 Å². The first-order chi connectivity index (χ1) is 14.8. The zero-order valence-electron chi connectivity index (χ0n) is 17.0. The fourth-order valence-electron chi connectivity index (χ4n) is 3.06. The highest BCUT2D eigenvalue weighted by Crippen LogP contribution is 2.54. The molecule has 0 radical (unpaired) electrons. The molecule has 2 unspecified atom stereocenters. The van der Waals surface area contributed by atoms with E-state index in [2.05, 4.69) is 0 Å². The van der Waals surface area contributed by atoms with E-state index in [1.807, 2.05) is 10.8 Å². The van der Waals surface area contributed by atoms with E-state index < -0.39 is 0 Å². The predicted molar refractivity (Wildman–Crippen MR) is 113 cm³/mol. The van der Waals surface area contributed by atoms with E-state index in [-0.39, 0.29) is 12.2 Å². The fraction of sp³-hybridized carbons (Fsp3) is 0.600. The number of rotatable bonds is 11. The van der Waals surface area contributed by atoms with Gasteiger partial charge in [-0.25, -0.2) is 0 Å². The second-order valence-electron chi connectivity index (χ2n) is 6.75. The smallest absolute Gasteiger partial charge is 0.181 e. The van der Waals surface area contributed by atoms with Crippen LogP contribution in [0.25, 0.3) is 9.75 Å². The Kier molecular flexibility index (Phi) is 7.69. The first-order valence-electron chi connectivity index (χ1n) is 9.75. The topological polar surface area (TPSA) is 73.8 Å². The lowest BCUT2D eigenvalue weighted by Gasteiger charge is -2.26. The van der Waals surface area contributed by atoms with Crippen LogP contribution in [0.4, 0.5) is 0 Å². The molecule has 10 heteroatoms. The highest BCUT2D eigenvalue weighted by Gasteiger charge is 2.32. The molecule has 0 aromatic carbocycles. The number of hydrogen-bond acceptors (Lipinski definition) is 10. The van der Waals surface area contributed by atoms with Crippen molar-refractivity contribution >= 4 is 22.7 Å². The van der Waals surface area contributed by atoms with Crippen LogP contribution in [0, 0.1) is 0 Å². The number of fused-ring (bicyclic) bond motifs is 2. The maximum absolute atomic E-state index is 6.19. The Balaban J connectivity index is 1.40. The quantitative estimate of drug-likeness (QED) is 0.476. The van der Waals surface area contributed by atoms with Crippen LogP contribution in [0.2, 0.25) is 0 Å². The minimum absolute atomic E-state index is 0.137. The largest absolute Gasteiger partial charge is 0.485 e. The van der Waals surface area contributed by atoms with Crippen LogP contribution in [-0.4, -0.2) is 79.3 Å². The van der Waals surface area contributed by atoms with Gasteiger partial charge in [-0.3, -0.25) is 0 Å². The third-order valence-electron chi connectivity index (χ3n) is 4.52. The first-order valence-corrected chi connectivity index (χ1v) is 11.5. The van der Waals surface area contributed by atoms with Gasteiger partial charge in [0.1, 0.15) is 13.2 Å². The predicted octanol–water partition coefficient (Wildman–Crippen LogP) is 3.08. The molecule has 2 aliphatic rings. The summed E-state index contributed by atoms with van der Waals surface area (Å²) in [4.78, 5) is 1.97. The third-order valence-corrected chi connectivity index (χ3v) is 6.56. The summed E-state index contributed by atoms with van der Waals surface area (Å²) in [6, 6.07) is 0. The summed E-state index contributed by atoms with van der Waals surface area (Å²) >= 11 is 3.15. The van der Waals surface area contributed by atoms with Gasteiger partial charge < -0.3 is 37.9 Å². The summed E-state index contributed by atoms with van der Waals surface area (Å²) in [6.07, 6.45) is -0.299. The van der Waals surface area contributed by atoms with Gasteiger partial charge in [-0.2, -0.15) is 0 Å². The molecule has 2 aromatic heterocycles.